The second kappa shape index (κ2) is 4.54. The summed E-state index contributed by atoms with van der Waals surface area (Å²) in [7, 11) is 1.66. The molecular formula is C11H13NO. The van der Waals surface area contributed by atoms with Crippen molar-refractivity contribution < 1.29 is 4.74 Å². The molecule has 68 valence electrons. The zero-order valence-electron chi connectivity index (χ0n) is 7.92. The van der Waals surface area contributed by atoms with Crippen molar-refractivity contribution in [2.24, 2.45) is 5.73 Å². The van der Waals surface area contributed by atoms with Crippen molar-refractivity contribution in [3.63, 3.8) is 0 Å². The van der Waals surface area contributed by atoms with Crippen molar-refractivity contribution in [1.29, 1.82) is 0 Å². The van der Waals surface area contributed by atoms with E-state index in [9.17, 15) is 0 Å². The highest BCUT2D eigenvalue weighted by atomic mass is 16.5. The number of benzene rings is 1. The fourth-order valence-electron chi connectivity index (χ4n) is 1.05. The van der Waals surface area contributed by atoms with Crippen molar-refractivity contribution in [3.05, 3.63) is 29.3 Å². The lowest BCUT2D eigenvalue weighted by atomic mass is 10.1. The van der Waals surface area contributed by atoms with Crippen molar-refractivity contribution in [2.45, 2.75) is 6.92 Å². The van der Waals surface area contributed by atoms with Gasteiger partial charge in [0.2, 0.25) is 0 Å². The van der Waals surface area contributed by atoms with Crippen molar-refractivity contribution in [3.8, 4) is 17.6 Å². The molecular weight excluding hydrogens is 162 g/mol. The lowest BCUT2D eigenvalue weighted by molar-refractivity contribution is 0.411. The zero-order valence-corrected chi connectivity index (χ0v) is 7.92. The molecule has 0 saturated carbocycles. The van der Waals surface area contributed by atoms with Crippen LogP contribution in [0.1, 0.15) is 11.1 Å². The van der Waals surface area contributed by atoms with Gasteiger partial charge in [-0.2, -0.15) is 0 Å². The molecule has 0 heterocycles. The lowest BCUT2D eigenvalue weighted by Crippen LogP contribution is -1.93. The number of aryl methyl sites for hydroxylation is 1. The first kappa shape index (κ1) is 9.63. The molecule has 2 nitrogen and oxygen atoms in total. The highest BCUT2D eigenvalue weighted by molar-refractivity contribution is 5.44. The van der Waals surface area contributed by atoms with E-state index in [0.29, 0.717) is 6.54 Å². The normalized spacial score (nSPS) is 8.85. The zero-order chi connectivity index (χ0) is 9.68. The Hall–Kier alpha value is -1.46. The molecule has 0 amide bonds. The van der Waals surface area contributed by atoms with Crippen molar-refractivity contribution in [1.82, 2.24) is 0 Å². The summed E-state index contributed by atoms with van der Waals surface area (Å²) in [5, 5.41) is 0. The van der Waals surface area contributed by atoms with Gasteiger partial charge in [0, 0.05) is 5.56 Å². The maximum Gasteiger partial charge on any atom is 0.123 e. The molecule has 0 fully saturated rings. The summed E-state index contributed by atoms with van der Waals surface area (Å²) in [6.45, 7) is 2.38. The van der Waals surface area contributed by atoms with Gasteiger partial charge in [-0.1, -0.05) is 17.9 Å². The van der Waals surface area contributed by atoms with E-state index < -0.39 is 0 Å². The second-order valence-corrected chi connectivity index (χ2v) is 2.69. The van der Waals surface area contributed by atoms with Gasteiger partial charge < -0.3 is 10.5 Å². The molecule has 0 unspecified atom stereocenters. The first-order valence-corrected chi connectivity index (χ1v) is 4.11. The minimum Gasteiger partial charge on any atom is -0.496 e. The Kier molecular flexibility index (Phi) is 3.36. The van der Waals surface area contributed by atoms with E-state index in [2.05, 4.69) is 11.8 Å². The highest BCUT2D eigenvalue weighted by Gasteiger charge is 1.97. The fourth-order valence-corrected chi connectivity index (χ4v) is 1.05. The van der Waals surface area contributed by atoms with Crippen LogP contribution < -0.4 is 10.5 Å². The van der Waals surface area contributed by atoms with Crippen LogP contribution in [0.2, 0.25) is 0 Å². The second-order valence-electron chi connectivity index (χ2n) is 2.69. The Morgan fingerprint density at radius 3 is 2.85 bits per heavy atom. The van der Waals surface area contributed by atoms with Gasteiger partial charge in [-0.05, 0) is 24.6 Å². The summed E-state index contributed by atoms with van der Waals surface area (Å²) in [6, 6.07) is 5.86. The summed E-state index contributed by atoms with van der Waals surface area (Å²) in [6.07, 6.45) is 0. The van der Waals surface area contributed by atoms with E-state index in [-0.39, 0.29) is 0 Å². The molecule has 0 radical (unpaired) electrons. The van der Waals surface area contributed by atoms with Gasteiger partial charge in [0.05, 0.1) is 13.7 Å². The maximum atomic E-state index is 5.27. The number of ether oxygens (including phenoxy) is 1. The molecule has 0 atom stereocenters. The van der Waals surface area contributed by atoms with Gasteiger partial charge in [0.1, 0.15) is 5.75 Å². The van der Waals surface area contributed by atoms with Crippen LogP contribution in [0.4, 0.5) is 0 Å². The highest BCUT2D eigenvalue weighted by Crippen LogP contribution is 2.17. The van der Waals surface area contributed by atoms with Crippen LogP contribution in [0.25, 0.3) is 0 Å². The average Bonchev–Trinajstić information content (AvgIpc) is 2.16. The number of hydrogen-bond acceptors (Lipinski definition) is 2. The largest absolute Gasteiger partial charge is 0.496 e. The quantitative estimate of drug-likeness (QED) is 0.653. The van der Waals surface area contributed by atoms with Crippen LogP contribution in [-0.4, -0.2) is 13.7 Å². The minimum absolute atomic E-state index is 0.385. The molecule has 2 heteroatoms. The molecule has 2 N–H and O–H groups in total. The van der Waals surface area contributed by atoms with Gasteiger partial charge in [0.25, 0.3) is 0 Å². The van der Waals surface area contributed by atoms with Gasteiger partial charge in [0.15, 0.2) is 0 Å². The molecule has 0 saturated heterocycles. The summed E-state index contributed by atoms with van der Waals surface area (Å²) < 4.78 is 5.17. The Morgan fingerprint density at radius 1 is 1.46 bits per heavy atom. The standard InChI is InChI=1S/C11H13NO/c1-9-5-6-10(4-3-7-12)8-11(9)13-2/h5-6,8H,7,12H2,1-2H3. The first-order valence-electron chi connectivity index (χ1n) is 4.11. The van der Waals surface area contributed by atoms with E-state index in [1.807, 2.05) is 25.1 Å². The summed E-state index contributed by atoms with van der Waals surface area (Å²) >= 11 is 0. The predicted octanol–water partition coefficient (Wildman–Crippen LogP) is 1.31. The predicted molar refractivity (Wildman–Crippen MR) is 53.7 cm³/mol. The third-order valence-corrected chi connectivity index (χ3v) is 1.74. The SMILES string of the molecule is COc1cc(C#CCN)ccc1C. The Morgan fingerprint density at radius 2 is 2.23 bits per heavy atom. The topological polar surface area (TPSA) is 35.2 Å². The number of nitrogens with two attached hydrogens (primary N) is 1. The molecule has 1 rings (SSSR count). The molecule has 13 heavy (non-hydrogen) atoms. The van der Waals surface area contributed by atoms with E-state index >= 15 is 0 Å². The Balaban J connectivity index is 2.99. The molecule has 0 aliphatic carbocycles. The molecule has 1 aromatic carbocycles. The van der Waals surface area contributed by atoms with E-state index in [1.165, 1.54) is 0 Å². The van der Waals surface area contributed by atoms with E-state index in [4.69, 9.17) is 10.5 Å². The van der Waals surface area contributed by atoms with Crippen LogP contribution in [0.15, 0.2) is 18.2 Å². The van der Waals surface area contributed by atoms with Crippen LogP contribution in [0.3, 0.4) is 0 Å². The molecule has 0 aromatic heterocycles. The van der Waals surface area contributed by atoms with Gasteiger partial charge in [-0.25, -0.2) is 0 Å². The third kappa shape index (κ3) is 2.50. The molecule has 0 bridgehead atoms. The smallest absolute Gasteiger partial charge is 0.123 e. The number of rotatable bonds is 1. The summed E-state index contributed by atoms with van der Waals surface area (Å²) in [5.41, 5.74) is 7.32. The number of hydrogen-bond donors (Lipinski definition) is 1. The molecule has 1 aromatic rings. The lowest BCUT2D eigenvalue weighted by Gasteiger charge is -2.03. The minimum atomic E-state index is 0.385. The molecule has 0 aliphatic rings. The van der Waals surface area contributed by atoms with Gasteiger partial charge in [-0.3, -0.25) is 0 Å². The van der Waals surface area contributed by atoms with Crippen LogP contribution in [0, 0.1) is 18.8 Å². The van der Waals surface area contributed by atoms with Gasteiger partial charge in [-0.15, -0.1) is 0 Å². The molecule has 0 aliphatic heterocycles. The average molecular weight is 175 g/mol. The van der Waals surface area contributed by atoms with Gasteiger partial charge >= 0.3 is 0 Å². The Labute approximate surface area is 78.7 Å². The van der Waals surface area contributed by atoms with Crippen LogP contribution in [0.5, 0.6) is 5.75 Å². The van der Waals surface area contributed by atoms with Crippen LogP contribution in [-0.2, 0) is 0 Å². The summed E-state index contributed by atoms with van der Waals surface area (Å²) in [5.74, 6) is 6.61. The number of methoxy groups -OCH3 is 1. The first-order chi connectivity index (χ1) is 6.27. The van der Waals surface area contributed by atoms with Crippen LogP contribution >= 0.6 is 0 Å². The van der Waals surface area contributed by atoms with Crippen molar-refractivity contribution >= 4 is 0 Å². The summed E-state index contributed by atoms with van der Waals surface area (Å²) in [4.78, 5) is 0. The van der Waals surface area contributed by atoms with E-state index in [1.54, 1.807) is 7.11 Å². The monoisotopic (exact) mass is 175 g/mol. The third-order valence-electron chi connectivity index (χ3n) is 1.74. The van der Waals surface area contributed by atoms with Crippen molar-refractivity contribution in [2.75, 3.05) is 13.7 Å². The maximum absolute atomic E-state index is 5.27. The van der Waals surface area contributed by atoms with E-state index in [0.717, 1.165) is 16.9 Å². The Bertz CT molecular complexity index is 347. The molecule has 0 spiro atoms. The fraction of sp³-hybridized carbons (Fsp3) is 0.273.